The van der Waals surface area contributed by atoms with Gasteiger partial charge in [0, 0.05) is 31.1 Å². The normalized spacial score (nSPS) is 17.9. The van der Waals surface area contributed by atoms with E-state index < -0.39 is 5.97 Å². The largest absolute Gasteiger partial charge is 0.476 e. The van der Waals surface area contributed by atoms with E-state index in [4.69, 9.17) is 5.11 Å². The topological polar surface area (TPSA) is 65.5 Å². The van der Waals surface area contributed by atoms with Gasteiger partial charge < -0.3 is 10.4 Å². The van der Waals surface area contributed by atoms with Crippen LogP contribution in [0.15, 0.2) is 0 Å². The Balaban J connectivity index is 2.28. The van der Waals surface area contributed by atoms with E-state index in [0.717, 1.165) is 36.1 Å². The van der Waals surface area contributed by atoms with Crippen molar-refractivity contribution in [1.82, 2.24) is 15.2 Å². The molecule has 0 saturated carbocycles. The number of piperazine rings is 1. The fourth-order valence-electron chi connectivity index (χ4n) is 2.22. The number of rotatable bonds is 3. The van der Waals surface area contributed by atoms with E-state index in [2.05, 4.69) is 29.0 Å². The number of thiazole rings is 1. The van der Waals surface area contributed by atoms with Gasteiger partial charge in [0.25, 0.3) is 0 Å². The zero-order chi connectivity index (χ0) is 13.3. The minimum atomic E-state index is -0.939. The number of nitrogens with zero attached hydrogens (tertiary/aromatic N) is 2. The van der Waals surface area contributed by atoms with Crippen LogP contribution in [-0.2, 0) is 5.54 Å². The van der Waals surface area contributed by atoms with Gasteiger partial charge in [0.2, 0.25) is 0 Å². The first kappa shape index (κ1) is 13.5. The summed E-state index contributed by atoms with van der Waals surface area (Å²) in [5.74, 6) is -0.939. The second-order valence-corrected chi connectivity index (χ2v) is 6.23. The van der Waals surface area contributed by atoms with Crippen molar-refractivity contribution in [2.75, 3.05) is 26.2 Å². The number of nitrogens with one attached hydrogen (secondary N) is 1. The second kappa shape index (κ2) is 4.95. The number of aromatic nitrogens is 1. The van der Waals surface area contributed by atoms with Crippen LogP contribution in [0.4, 0.5) is 0 Å². The summed E-state index contributed by atoms with van der Waals surface area (Å²) in [5.41, 5.74) is -0.0104. The standard InChI is InChI=1S/C12H19N3O2S/c1-8-9(10(16)17)14-11(18-8)12(2,3)15-6-4-13-5-7-15/h13H,4-7H2,1-3H3,(H,16,17). The van der Waals surface area contributed by atoms with Crippen LogP contribution in [0.3, 0.4) is 0 Å². The first-order valence-corrected chi connectivity index (χ1v) is 6.91. The minimum absolute atomic E-state index is 0.193. The van der Waals surface area contributed by atoms with Crippen molar-refractivity contribution in [3.05, 3.63) is 15.6 Å². The van der Waals surface area contributed by atoms with Gasteiger partial charge in [-0.05, 0) is 20.8 Å². The molecule has 1 saturated heterocycles. The molecule has 0 aliphatic carbocycles. The zero-order valence-corrected chi connectivity index (χ0v) is 11.8. The second-order valence-electron chi connectivity index (χ2n) is 5.03. The first-order chi connectivity index (χ1) is 8.43. The molecule has 6 heteroatoms. The molecule has 0 spiro atoms. The third-order valence-electron chi connectivity index (χ3n) is 3.43. The summed E-state index contributed by atoms with van der Waals surface area (Å²) in [4.78, 5) is 18.5. The molecule has 0 amide bonds. The lowest BCUT2D eigenvalue weighted by molar-refractivity contribution is 0.0688. The van der Waals surface area contributed by atoms with Crippen LogP contribution in [0.1, 0.15) is 34.2 Å². The van der Waals surface area contributed by atoms with Crippen LogP contribution in [0.25, 0.3) is 0 Å². The quantitative estimate of drug-likeness (QED) is 0.865. The van der Waals surface area contributed by atoms with Crippen molar-refractivity contribution >= 4 is 17.3 Å². The highest BCUT2D eigenvalue weighted by Gasteiger charge is 2.33. The molecule has 2 heterocycles. The number of carboxylic acids is 1. The number of carbonyl (C=O) groups is 1. The van der Waals surface area contributed by atoms with Gasteiger partial charge >= 0.3 is 5.97 Å². The molecule has 100 valence electrons. The molecule has 1 aromatic heterocycles. The average molecular weight is 269 g/mol. The van der Waals surface area contributed by atoms with Crippen molar-refractivity contribution in [3.8, 4) is 0 Å². The SMILES string of the molecule is Cc1sc(C(C)(C)N2CCNCC2)nc1C(=O)O. The van der Waals surface area contributed by atoms with Crippen LogP contribution < -0.4 is 5.32 Å². The predicted molar refractivity (Wildman–Crippen MR) is 71.3 cm³/mol. The van der Waals surface area contributed by atoms with Gasteiger partial charge in [-0.2, -0.15) is 0 Å². The number of hydrogen-bond donors (Lipinski definition) is 2. The number of carboxylic acid groups (broad SMARTS) is 1. The molecule has 2 rings (SSSR count). The molecule has 0 unspecified atom stereocenters. The van der Waals surface area contributed by atoms with Gasteiger partial charge in [-0.1, -0.05) is 0 Å². The van der Waals surface area contributed by atoms with E-state index in [1.54, 1.807) is 0 Å². The predicted octanol–water partition coefficient (Wildman–Crippen LogP) is 1.29. The fourth-order valence-corrected chi connectivity index (χ4v) is 3.25. The molecule has 1 fully saturated rings. The number of hydrogen-bond acceptors (Lipinski definition) is 5. The van der Waals surface area contributed by atoms with Crippen molar-refractivity contribution in [2.24, 2.45) is 0 Å². The summed E-state index contributed by atoms with van der Waals surface area (Å²) >= 11 is 1.49. The van der Waals surface area contributed by atoms with Crippen LogP contribution >= 0.6 is 11.3 Å². The zero-order valence-electron chi connectivity index (χ0n) is 11.0. The average Bonchev–Trinajstić information content (AvgIpc) is 2.73. The monoisotopic (exact) mass is 269 g/mol. The third kappa shape index (κ3) is 2.41. The molecule has 0 radical (unpaired) electrons. The molecule has 18 heavy (non-hydrogen) atoms. The van der Waals surface area contributed by atoms with Crippen molar-refractivity contribution in [1.29, 1.82) is 0 Å². The van der Waals surface area contributed by atoms with Crippen molar-refractivity contribution < 1.29 is 9.90 Å². The molecule has 0 bridgehead atoms. The molecule has 5 nitrogen and oxygen atoms in total. The van der Waals surface area contributed by atoms with Crippen LogP contribution in [0.2, 0.25) is 0 Å². The van der Waals surface area contributed by atoms with Crippen LogP contribution in [-0.4, -0.2) is 47.1 Å². The summed E-state index contributed by atoms with van der Waals surface area (Å²) < 4.78 is 0. The summed E-state index contributed by atoms with van der Waals surface area (Å²) in [7, 11) is 0. The van der Waals surface area contributed by atoms with Crippen molar-refractivity contribution in [3.63, 3.8) is 0 Å². The summed E-state index contributed by atoms with van der Waals surface area (Å²) in [6.07, 6.45) is 0. The number of aromatic carboxylic acids is 1. The van der Waals surface area contributed by atoms with Crippen LogP contribution in [0, 0.1) is 6.92 Å². The fraction of sp³-hybridized carbons (Fsp3) is 0.667. The summed E-state index contributed by atoms with van der Waals surface area (Å²) in [5, 5.41) is 13.3. The van der Waals surface area contributed by atoms with Crippen molar-refractivity contribution in [2.45, 2.75) is 26.3 Å². The lowest BCUT2D eigenvalue weighted by atomic mass is 10.0. The van der Waals surface area contributed by atoms with E-state index in [1.165, 1.54) is 11.3 Å². The van der Waals surface area contributed by atoms with E-state index in [0.29, 0.717) is 0 Å². The molecule has 1 aliphatic heterocycles. The van der Waals surface area contributed by atoms with E-state index in [9.17, 15) is 4.79 Å². The van der Waals surface area contributed by atoms with Gasteiger partial charge in [-0.3, -0.25) is 4.90 Å². The Labute approximate surface area is 111 Å². The summed E-state index contributed by atoms with van der Waals surface area (Å²) in [6, 6.07) is 0. The highest BCUT2D eigenvalue weighted by molar-refractivity contribution is 7.12. The van der Waals surface area contributed by atoms with E-state index in [1.807, 2.05) is 6.92 Å². The Bertz CT molecular complexity index is 450. The van der Waals surface area contributed by atoms with E-state index in [-0.39, 0.29) is 11.2 Å². The van der Waals surface area contributed by atoms with Gasteiger partial charge in [-0.15, -0.1) is 11.3 Å². The molecule has 0 atom stereocenters. The molecule has 2 N–H and O–H groups in total. The maximum atomic E-state index is 11.1. The molecule has 1 aliphatic rings. The van der Waals surface area contributed by atoms with Crippen LogP contribution in [0.5, 0.6) is 0 Å². The van der Waals surface area contributed by atoms with Gasteiger partial charge in [-0.25, -0.2) is 9.78 Å². The maximum Gasteiger partial charge on any atom is 0.355 e. The Morgan fingerprint density at radius 2 is 2.06 bits per heavy atom. The Morgan fingerprint density at radius 3 is 2.56 bits per heavy atom. The first-order valence-electron chi connectivity index (χ1n) is 6.10. The highest BCUT2D eigenvalue weighted by atomic mass is 32.1. The molecule has 0 aromatic carbocycles. The Kier molecular flexibility index (Phi) is 3.70. The third-order valence-corrected chi connectivity index (χ3v) is 4.71. The Hall–Kier alpha value is -0.980. The minimum Gasteiger partial charge on any atom is -0.476 e. The lowest BCUT2D eigenvalue weighted by Gasteiger charge is -2.39. The van der Waals surface area contributed by atoms with Gasteiger partial charge in [0.15, 0.2) is 5.69 Å². The lowest BCUT2D eigenvalue weighted by Crippen LogP contribution is -2.51. The molecular weight excluding hydrogens is 250 g/mol. The van der Waals surface area contributed by atoms with E-state index >= 15 is 0 Å². The van der Waals surface area contributed by atoms with Gasteiger partial charge in [0.1, 0.15) is 5.01 Å². The highest BCUT2D eigenvalue weighted by Crippen LogP contribution is 2.32. The number of aryl methyl sites for hydroxylation is 1. The smallest absolute Gasteiger partial charge is 0.355 e. The Morgan fingerprint density at radius 1 is 1.44 bits per heavy atom. The summed E-state index contributed by atoms with van der Waals surface area (Å²) in [6.45, 7) is 9.92. The maximum absolute atomic E-state index is 11.1. The van der Waals surface area contributed by atoms with Gasteiger partial charge in [0.05, 0.1) is 5.54 Å². The molecular formula is C12H19N3O2S. The molecule has 1 aromatic rings.